The SMILES string of the molecule is CC1(C(=O)Nc2ccc(C(=O)O)cc2Br)CCCCN1. The zero-order valence-electron chi connectivity index (χ0n) is 11.2. The maximum atomic E-state index is 12.3. The number of amides is 1. The summed E-state index contributed by atoms with van der Waals surface area (Å²) >= 11 is 3.29. The average molecular weight is 341 g/mol. The van der Waals surface area contributed by atoms with E-state index < -0.39 is 11.5 Å². The number of carboxylic acids is 1. The summed E-state index contributed by atoms with van der Waals surface area (Å²) in [7, 11) is 0. The Labute approximate surface area is 125 Å². The molecule has 1 aliphatic rings. The minimum atomic E-state index is -0.996. The van der Waals surface area contributed by atoms with Gasteiger partial charge in [-0.15, -0.1) is 0 Å². The van der Waals surface area contributed by atoms with Crippen molar-refractivity contribution in [1.29, 1.82) is 0 Å². The van der Waals surface area contributed by atoms with Crippen LogP contribution in [0.5, 0.6) is 0 Å². The summed E-state index contributed by atoms with van der Waals surface area (Å²) in [6, 6.07) is 4.55. The molecule has 1 fully saturated rings. The van der Waals surface area contributed by atoms with Crippen molar-refractivity contribution in [3.05, 3.63) is 28.2 Å². The molecule has 0 radical (unpaired) electrons. The molecule has 1 unspecified atom stereocenters. The van der Waals surface area contributed by atoms with Gasteiger partial charge in [0.1, 0.15) is 0 Å². The largest absolute Gasteiger partial charge is 0.478 e. The first-order valence-corrected chi connectivity index (χ1v) is 7.31. The van der Waals surface area contributed by atoms with Crippen molar-refractivity contribution < 1.29 is 14.7 Å². The summed E-state index contributed by atoms with van der Waals surface area (Å²) < 4.78 is 0.560. The second kappa shape index (κ2) is 5.93. The van der Waals surface area contributed by atoms with Gasteiger partial charge < -0.3 is 15.7 Å². The second-order valence-corrected chi connectivity index (χ2v) is 6.02. The van der Waals surface area contributed by atoms with Crippen LogP contribution in [-0.4, -0.2) is 29.1 Å². The first kappa shape index (κ1) is 15.0. The van der Waals surface area contributed by atoms with Crippen LogP contribution in [0, 0.1) is 0 Å². The van der Waals surface area contributed by atoms with Crippen molar-refractivity contribution in [2.45, 2.75) is 31.7 Å². The predicted molar refractivity (Wildman–Crippen MR) is 80.0 cm³/mol. The highest BCUT2D eigenvalue weighted by Gasteiger charge is 2.34. The lowest BCUT2D eigenvalue weighted by Crippen LogP contribution is -2.54. The van der Waals surface area contributed by atoms with Crippen LogP contribution in [0.15, 0.2) is 22.7 Å². The van der Waals surface area contributed by atoms with E-state index in [0.29, 0.717) is 10.2 Å². The second-order valence-electron chi connectivity index (χ2n) is 5.17. The van der Waals surface area contributed by atoms with Gasteiger partial charge in [0.05, 0.1) is 16.8 Å². The van der Waals surface area contributed by atoms with Crippen LogP contribution >= 0.6 is 15.9 Å². The van der Waals surface area contributed by atoms with E-state index >= 15 is 0 Å². The van der Waals surface area contributed by atoms with Crippen LogP contribution in [-0.2, 0) is 4.79 Å². The minimum Gasteiger partial charge on any atom is -0.478 e. The molecule has 3 N–H and O–H groups in total. The first-order valence-electron chi connectivity index (χ1n) is 6.52. The van der Waals surface area contributed by atoms with E-state index in [1.54, 1.807) is 6.07 Å². The fourth-order valence-electron chi connectivity index (χ4n) is 2.26. The first-order chi connectivity index (χ1) is 9.42. The van der Waals surface area contributed by atoms with E-state index in [1.807, 2.05) is 6.92 Å². The lowest BCUT2D eigenvalue weighted by molar-refractivity contribution is -0.122. The molecule has 108 valence electrons. The van der Waals surface area contributed by atoms with Gasteiger partial charge in [0.15, 0.2) is 0 Å². The fraction of sp³-hybridized carbons (Fsp3) is 0.429. The van der Waals surface area contributed by atoms with Gasteiger partial charge in [0, 0.05) is 4.47 Å². The Morgan fingerprint density at radius 2 is 2.15 bits per heavy atom. The van der Waals surface area contributed by atoms with E-state index in [9.17, 15) is 9.59 Å². The van der Waals surface area contributed by atoms with Crippen LogP contribution in [0.3, 0.4) is 0 Å². The Kier molecular flexibility index (Phi) is 4.45. The third-order valence-electron chi connectivity index (χ3n) is 3.58. The highest BCUT2D eigenvalue weighted by Crippen LogP contribution is 2.26. The Morgan fingerprint density at radius 3 is 2.70 bits per heavy atom. The van der Waals surface area contributed by atoms with Gasteiger partial charge in [0.25, 0.3) is 0 Å². The number of benzene rings is 1. The van der Waals surface area contributed by atoms with E-state index in [2.05, 4.69) is 26.6 Å². The predicted octanol–water partition coefficient (Wildman–Crippen LogP) is 2.62. The van der Waals surface area contributed by atoms with Crippen LogP contribution in [0.4, 0.5) is 5.69 Å². The Bertz CT molecular complexity index is 539. The molecule has 1 aliphatic heterocycles. The quantitative estimate of drug-likeness (QED) is 0.790. The zero-order valence-corrected chi connectivity index (χ0v) is 12.8. The highest BCUT2D eigenvalue weighted by atomic mass is 79.9. The van der Waals surface area contributed by atoms with Gasteiger partial charge >= 0.3 is 5.97 Å². The summed E-state index contributed by atoms with van der Waals surface area (Å²) in [6.07, 6.45) is 2.90. The molecule has 1 amide bonds. The average Bonchev–Trinajstić information content (AvgIpc) is 2.41. The van der Waals surface area contributed by atoms with Crippen molar-refractivity contribution in [2.24, 2.45) is 0 Å². The molecule has 1 aromatic carbocycles. The molecule has 1 aromatic rings. The number of nitrogens with one attached hydrogen (secondary N) is 2. The van der Waals surface area contributed by atoms with Gasteiger partial charge in [-0.05, 0) is 66.9 Å². The highest BCUT2D eigenvalue weighted by molar-refractivity contribution is 9.10. The Hall–Kier alpha value is -1.40. The van der Waals surface area contributed by atoms with Crippen molar-refractivity contribution >= 4 is 33.5 Å². The lowest BCUT2D eigenvalue weighted by atomic mass is 9.90. The Balaban J connectivity index is 2.13. The third kappa shape index (κ3) is 3.19. The molecule has 2 rings (SSSR count). The molecule has 5 nitrogen and oxygen atoms in total. The van der Waals surface area contributed by atoms with E-state index in [-0.39, 0.29) is 11.5 Å². The number of carbonyl (C=O) groups is 2. The Morgan fingerprint density at radius 1 is 1.40 bits per heavy atom. The maximum Gasteiger partial charge on any atom is 0.335 e. The van der Waals surface area contributed by atoms with Gasteiger partial charge in [0.2, 0.25) is 5.91 Å². The molecule has 1 saturated heterocycles. The van der Waals surface area contributed by atoms with Crippen molar-refractivity contribution in [1.82, 2.24) is 5.32 Å². The van der Waals surface area contributed by atoms with E-state index in [0.717, 1.165) is 25.8 Å². The zero-order chi connectivity index (χ0) is 14.8. The molecule has 6 heteroatoms. The molecule has 1 atom stereocenters. The molecule has 0 spiro atoms. The number of carbonyl (C=O) groups excluding carboxylic acids is 1. The summed E-state index contributed by atoms with van der Waals surface area (Å²) in [4.78, 5) is 23.2. The number of piperidine rings is 1. The van der Waals surface area contributed by atoms with Crippen molar-refractivity contribution in [2.75, 3.05) is 11.9 Å². The van der Waals surface area contributed by atoms with Crippen LogP contribution in [0.1, 0.15) is 36.5 Å². The van der Waals surface area contributed by atoms with E-state index in [1.165, 1.54) is 12.1 Å². The maximum absolute atomic E-state index is 12.3. The van der Waals surface area contributed by atoms with Crippen molar-refractivity contribution in [3.63, 3.8) is 0 Å². The summed E-state index contributed by atoms with van der Waals surface area (Å²) in [5, 5.41) is 15.0. The topological polar surface area (TPSA) is 78.4 Å². The van der Waals surface area contributed by atoms with E-state index in [4.69, 9.17) is 5.11 Å². The van der Waals surface area contributed by atoms with Crippen LogP contribution < -0.4 is 10.6 Å². The molecule has 0 aromatic heterocycles. The minimum absolute atomic E-state index is 0.0963. The molecule has 0 saturated carbocycles. The number of aromatic carboxylic acids is 1. The molecule has 0 aliphatic carbocycles. The normalized spacial score (nSPS) is 22.3. The van der Waals surface area contributed by atoms with Crippen molar-refractivity contribution in [3.8, 4) is 0 Å². The fourth-order valence-corrected chi connectivity index (χ4v) is 2.74. The monoisotopic (exact) mass is 340 g/mol. The molecular formula is C14H17BrN2O3. The summed E-state index contributed by atoms with van der Waals surface area (Å²) in [5.41, 5.74) is 0.189. The molecule has 20 heavy (non-hydrogen) atoms. The van der Waals surface area contributed by atoms with Crippen LogP contribution in [0.2, 0.25) is 0 Å². The summed E-state index contributed by atoms with van der Waals surface area (Å²) in [6.45, 7) is 2.73. The molecular weight excluding hydrogens is 324 g/mol. The number of hydrogen-bond donors (Lipinski definition) is 3. The van der Waals surface area contributed by atoms with Gasteiger partial charge in [-0.25, -0.2) is 4.79 Å². The smallest absolute Gasteiger partial charge is 0.335 e. The number of hydrogen-bond acceptors (Lipinski definition) is 3. The molecule has 1 heterocycles. The van der Waals surface area contributed by atoms with Gasteiger partial charge in [-0.2, -0.15) is 0 Å². The third-order valence-corrected chi connectivity index (χ3v) is 4.24. The van der Waals surface area contributed by atoms with Gasteiger partial charge in [-0.3, -0.25) is 4.79 Å². The number of anilines is 1. The number of carboxylic acid groups (broad SMARTS) is 1. The van der Waals surface area contributed by atoms with Crippen LogP contribution in [0.25, 0.3) is 0 Å². The lowest BCUT2D eigenvalue weighted by Gasteiger charge is -2.33. The number of rotatable bonds is 3. The number of halogens is 1. The summed E-state index contributed by atoms with van der Waals surface area (Å²) in [5.74, 6) is -1.09. The van der Waals surface area contributed by atoms with Gasteiger partial charge in [-0.1, -0.05) is 0 Å². The standard InChI is InChI=1S/C14H17BrN2O3/c1-14(6-2-3-7-16-14)13(20)17-11-5-4-9(12(18)19)8-10(11)15/h4-5,8,16H,2-3,6-7H2,1H3,(H,17,20)(H,18,19). The molecule has 0 bridgehead atoms.